The summed E-state index contributed by atoms with van der Waals surface area (Å²) in [6.07, 6.45) is 1.34. The average molecular weight is 553 g/mol. The van der Waals surface area contributed by atoms with Crippen molar-refractivity contribution >= 4 is 11.9 Å². The zero-order valence-electron chi connectivity index (χ0n) is 23.7. The second kappa shape index (κ2) is 14.7. The van der Waals surface area contributed by atoms with Gasteiger partial charge in [-0.1, -0.05) is 56.3 Å². The molecular weight excluding hydrogens is 516 g/mol. The number of esters is 1. The van der Waals surface area contributed by atoms with Crippen molar-refractivity contribution in [2.45, 2.75) is 39.2 Å². The number of hydrogen-bond donors (Lipinski definition) is 1. The third kappa shape index (κ3) is 8.67. The van der Waals surface area contributed by atoms with E-state index in [1.807, 2.05) is 78.9 Å². The Morgan fingerprint density at radius 1 is 0.854 bits per heavy atom. The third-order valence-electron chi connectivity index (χ3n) is 6.48. The van der Waals surface area contributed by atoms with Gasteiger partial charge in [-0.2, -0.15) is 0 Å². The predicted octanol–water partition coefficient (Wildman–Crippen LogP) is 6.23. The number of carbonyl (C=O) groups is 2. The molecule has 3 aromatic carbocycles. The van der Waals surface area contributed by atoms with Crippen LogP contribution in [0.3, 0.4) is 0 Å². The highest BCUT2D eigenvalue weighted by Crippen LogP contribution is 2.22. The van der Waals surface area contributed by atoms with Gasteiger partial charge in [0.1, 0.15) is 18.1 Å². The summed E-state index contributed by atoms with van der Waals surface area (Å²) in [5.41, 5.74) is 4.50. The van der Waals surface area contributed by atoms with Crippen molar-refractivity contribution in [3.05, 3.63) is 114 Å². The fraction of sp³-hybridized carbons (Fsp3) is 0.265. The van der Waals surface area contributed by atoms with Gasteiger partial charge >= 0.3 is 5.97 Å². The maximum Gasteiger partial charge on any atom is 0.347 e. The van der Waals surface area contributed by atoms with Crippen LogP contribution < -0.4 is 14.8 Å². The van der Waals surface area contributed by atoms with E-state index in [4.69, 9.17) is 14.2 Å². The van der Waals surface area contributed by atoms with Crippen molar-refractivity contribution in [3.63, 3.8) is 0 Å². The molecule has 0 bridgehead atoms. The number of pyridine rings is 1. The SMILES string of the molecule is CCOC(=O)C(Cc1ccc(OCCNC(=O)c2ccc(-c3ccccn3)cc2)cc1)Oc1ccc(C(C)C)cc1. The zero-order chi connectivity index (χ0) is 29.0. The molecule has 0 aliphatic rings. The van der Waals surface area contributed by atoms with Gasteiger partial charge in [0.15, 0.2) is 6.10 Å². The first-order chi connectivity index (χ1) is 19.9. The van der Waals surface area contributed by atoms with Crippen LogP contribution in [-0.4, -0.2) is 42.7 Å². The highest BCUT2D eigenvalue weighted by molar-refractivity contribution is 5.94. The number of aromatic nitrogens is 1. The van der Waals surface area contributed by atoms with E-state index in [0.717, 1.165) is 16.8 Å². The van der Waals surface area contributed by atoms with E-state index in [0.29, 0.717) is 42.6 Å². The summed E-state index contributed by atoms with van der Waals surface area (Å²) in [7, 11) is 0. The molecule has 1 amide bonds. The molecule has 1 N–H and O–H groups in total. The lowest BCUT2D eigenvalue weighted by Gasteiger charge is -2.18. The molecule has 41 heavy (non-hydrogen) atoms. The van der Waals surface area contributed by atoms with Gasteiger partial charge in [-0.15, -0.1) is 0 Å². The Morgan fingerprint density at radius 2 is 1.56 bits per heavy atom. The van der Waals surface area contributed by atoms with Gasteiger partial charge < -0.3 is 19.5 Å². The summed E-state index contributed by atoms with van der Waals surface area (Å²) in [5, 5.41) is 2.88. The van der Waals surface area contributed by atoms with Crippen molar-refractivity contribution in [2.24, 2.45) is 0 Å². The fourth-order valence-corrected chi connectivity index (χ4v) is 4.20. The highest BCUT2D eigenvalue weighted by atomic mass is 16.6. The van der Waals surface area contributed by atoms with Crippen molar-refractivity contribution in [1.82, 2.24) is 10.3 Å². The van der Waals surface area contributed by atoms with Crippen LogP contribution >= 0.6 is 0 Å². The molecule has 0 saturated heterocycles. The maximum atomic E-state index is 12.6. The van der Waals surface area contributed by atoms with Gasteiger partial charge in [0.2, 0.25) is 0 Å². The third-order valence-corrected chi connectivity index (χ3v) is 6.48. The monoisotopic (exact) mass is 552 g/mol. The number of carbonyl (C=O) groups excluding carboxylic acids is 2. The number of nitrogens with one attached hydrogen (secondary N) is 1. The van der Waals surface area contributed by atoms with Crippen LogP contribution in [0.2, 0.25) is 0 Å². The summed E-state index contributed by atoms with van der Waals surface area (Å²) in [5.74, 6) is 1.14. The topological polar surface area (TPSA) is 86.8 Å². The summed E-state index contributed by atoms with van der Waals surface area (Å²) in [6.45, 7) is 7.00. The lowest BCUT2D eigenvalue weighted by molar-refractivity contribution is -0.151. The Morgan fingerprint density at radius 3 is 2.20 bits per heavy atom. The smallest absolute Gasteiger partial charge is 0.347 e. The van der Waals surface area contributed by atoms with Crippen molar-refractivity contribution in [2.75, 3.05) is 19.8 Å². The highest BCUT2D eigenvalue weighted by Gasteiger charge is 2.22. The number of amides is 1. The molecule has 0 spiro atoms. The Labute approximate surface area is 241 Å². The van der Waals surface area contributed by atoms with E-state index >= 15 is 0 Å². The van der Waals surface area contributed by atoms with E-state index in [9.17, 15) is 9.59 Å². The normalized spacial score (nSPS) is 11.5. The summed E-state index contributed by atoms with van der Waals surface area (Å²) < 4.78 is 17.1. The first-order valence-electron chi connectivity index (χ1n) is 13.9. The van der Waals surface area contributed by atoms with Gasteiger partial charge in [0.25, 0.3) is 5.91 Å². The minimum Gasteiger partial charge on any atom is -0.492 e. The largest absolute Gasteiger partial charge is 0.492 e. The van der Waals surface area contributed by atoms with E-state index in [1.54, 1.807) is 25.3 Å². The molecule has 1 unspecified atom stereocenters. The Kier molecular flexibility index (Phi) is 10.5. The van der Waals surface area contributed by atoms with Crippen molar-refractivity contribution in [3.8, 4) is 22.8 Å². The summed E-state index contributed by atoms with van der Waals surface area (Å²) in [4.78, 5) is 29.4. The molecule has 1 aromatic heterocycles. The van der Waals surface area contributed by atoms with Crippen LogP contribution in [0.25, 0.3) is 11.3 Å². The van der Waals surface area contributed by atoms with E-state index in [2.05, 4.69) is 24.1 Å². The van der Waals surface area contributed by atoms with Crippen LogP contribution in [-0.2, 0) is 16.0 Å². The maximum absolute atomic E-state index is 12.6. The number of benzene rings is 3. The van der Waals surface area contributed by atoms with E-state index < -0.39 is 12.1 Å². The molecule has 4 rings (SSSR count). The predicted molar refractivity (Wildman–Crippen MR) is 159 cm³/mol. The lowest BCUT2D eigenvalue weighted by atomic mass is 10.0. The van der Waals surface area contributed by atoms with Crippen LogP contribution in [0.15, 0.2) is 97.2 Å². The summed E-state index contributed by atoms with van der Waals surface area (Å²) >= 11 is 0. The van der Waals surface area contributed by atoms with Gasteiger partial charge in [0, 0.05) is 23.7 Å². The molecular formula is C34H36N2O5. The minimum atomic E-state index is -0.764. The molecule has 212 valence electrons. The molecule has 1 atom stereocenters. The van der Waals surface area contributed by atoms with Crippen LogP contribution in [0.4, 0.5) is 0 Å². The first-order valence-corrected chi connectivity index (χ1v) is 13.9. The van der Waals surface area contributed by atoms with Crippen molar-refractivity contribution in [1.29, 1.82) is 0 Å². The number of rotatable bonds is 13. The Hall–Kier alpha value is -4.65. The second-order valence-corrected chi connectivity index (χ2v) is 9.83. The van der Waals surface area contributed by atoms with Crippen LogP contribution in [0.5, 0.6) is 11.5 Å². The molecule has 0 aliphatic carbocycles. The number of ether oxygens (including phenoxy) is 3. The van der Waals surface area contributed by atoms with Gasteiger partial charge in [0.05, 0.1) is 18.8 Å². The zero-order valence-corrected chi connectivity index (χ0v) is 23.7. The molecule has 0 radical (unpaired) electrons. The Bertz CT molecular complexity index is 1390. The molecule has 0 fully saturated rings. The molecule has 0 saturated carbocycles. The fourth-order valence-electron chi connectivity index (χ4n) is 4.20. The lowest BCUT2D eigenvalue weighted by Crippen LogP contribution is -2.31. The standard InChI is InChI=1S/C34H36N2O5/c1-4-39-34(38)32(41-30-18-14-26(15-19-30)24(2)3)23-25-8-16-29(17-9-25)40-22-21-36-33(37)28-12-10-27(11-13-28)31-7-5-6-20-35-31/h5-20,24,32H,4,21-23H2,1-3H3,(H,36,37). The first kappa shape index (κ1) is 29.3. The van der Waals surface area contributed by atoms with Crippen molar-refractivity contribution < 1.29 is 23.8 Å². The van der Waals surface area contributed by atoms with Crippen LogP contribution in [0, 0.1) is 0 Å². The van der Waals surface area contributed by atoms with Gasteiger partial charge in [-0.05, 0) is 72.5 Å². The molecule has 7 heteroatoms. The Balaban J connectivity index is 1.25. The molecule has 4 aromatic rings. The average Bonchev–Trinajstić information content (AvgIpc) is 3.00. The van der Waals surface area contributed by atoms with Gasteiger partial charge in [-0.25, -0.2) is 4.79 Å². The molecule has 1 heterocycles. The summed E-state index contributed by atoms with van der Waals surface area (Å²) in [6, 6.07) is 28.3. The minimum absolute atomic E-state index is 0.166. The van der Waals surface area contributed by atoms with E-state index in [-0.39, 0.29) is 12.5 Å². The molecule has 0 aliphatic heterocycles. The van der Waals surface area contributed by atoms with Crippen LogP contribution in [0.1, 0.15) is 48.2 Å². The van der Waals surface area contributed by atoms with E-state index in [1.165, 1.54) is 5.56 Å². The number of hydrogen-bond acceptors (Lipinski definition) is 6. The quantitative estimate of drug-likeness (QED) is 0.156. The second-order valence-electron chi connectivity index (χ2n) is 9.83. The number of nitrogens with zero attached hydrogens (tertiary/aromatic N) is 1. The van der Waals surface area contributed by atoms with Gasteiger partial charge in [-0.3, -0.25) is 9.78 Å². The molecule has 7 nitrogen and oxygen atoms in total.